The predicted octanol–water partition coefficient (Wildman–Crippen LogP) is 3.84. The molecule has 0 saturated heterocycles. The molecule has 2 aromatic heterocycles. The summed E-state index contributed by atoms with van der Waals surface area (Å²) in [6.07, 6.45) is 2.51. The van der Waals surface area contributed by atoms with E-state index in [0.29, 0.717) is 29.4 Å². The van der Waals surface area contributed by atoms with Gasteiger partial charge in [-0.05, 0) is 24.1 Å². The van der Waals surface area contributed by atoms with Crippen LogP contribution in [0.1, 0.15) is 30.2 Å². The molecule has 1 aliphatic rings. The van der Waals surface area contributed by atoms with Gasteiger partial charge in [0.1, 0.15) is 0 Å². The van der Waals surface area contributed by atoms with Gasteiger partial charge in [-0.15, -0.1) is 0 Å². The summed E-state index contributed by atoms with van der Waals surface area (Å²) in [5, 5.41) is 8.68. The number of hydrogen-bond donors (Lipinski definition) is 0. The minimum atomic E-state index is -3.63. The summed E-state index contributed by atoms with van der Waals surface area (Å²) in [4.78, 5) is 4.83. The van der Waals surface area contributed by atoms with Crippen molar-refractivity contribution in [2.45, 2.75) is 37.6 Å². The van der Waals surface area contributed by atoms with E-state index in [-0.39, 0.29) is 12.4 Å². The largest absolute Gasteiger partial charge is 0.332 e. The molecule has 2 aromatic carbocycles. The van der Waals surface area contributed by atoms with Crippen LogP contribution >= 0.6 is 0 Å². The zero-order valence-corrected chi connectivity index (χ0v) is 19.4. The minimum Gasteiger partial charge on any atom is -0.332 e. The molecule has 0 atom stereocenters. The Morgan fingerprint density at radius 1 is 1.06 bits per heavy atom. The van der Waals surface area contributed by atoms with E-state index in [9.17, 15) is 8.42 Å². The molecular formula is C24H25N5O3S. The van der Waals surface area contributed by atoms with Crippen LogP contribution in [0.25, 0.3) is 23.0 Å². The van der Waals surface area contributed by atoms with Crippen molar-refractivity contribution in [3.63, 3.8) is 0 Å². The standard InChI is InChI=1S/C24H25N5O3S/c1-3-7-17-10-12-19(13-11-17)33(30,31)29-15-14-21-20(16-29)22(26-28(21)2)24-25-23(27-32-24)18-8-5-4-6-9-18/h4-6,8-13H,3,7,14-16H2,1-2H3. The van der Waals surface area contributed by atoms with E-state index < -0.39 is 10.0 Å². The molecule has 33 heavy (non-hydrogen) atoms. The lowest BCUT2D eigenvalue weighted by Crippen LogP contribution is -2.36. The lowest BCUT2D eigenvalue weighted by Gasteiger charge is -2.26. The first-order valence-corrected chi connectivity index (χ1v) is 12.4. The van der Waals surface area contributed by atoms with Gasteiger partial charge in [0, 0.05) is 43.4 Å². The summed E-state index contributed by atoms with van der Waals surface area (Å²) in [5.41, 5.74) is 4.29. The summed E-state index contributed by atoms with van der Waals surface area (Å²) < 4.78 is 35.5. The molecule has 0 bridgehead atoms. The van der Waals surface area contributed by atoms with Gasteiger partial charge in [0.2, 0.25) is 15.8 Å². The summed E-state index contributed by atoms with van der Waals surface area (Å²) in [6.45, 7) is 2.71. The van der Waals surface area contributed by atoms with Crippen LogP contribution in [0.2, 0.25) is 0 Å². The molecule has 0 aliphatic carbocycles. The molecule has 1 aliphatic heterocycles. The maximum absolute atomic E-state index is 13.4. The molecule has 0 fully saturated rings. The van der Waals surface area contributed by atoms with Gasteiger partial charge >= 0.3 is 0 Å². The summed E-state index contributed by atoms with van der Waals surface area (Å²) >= 11 is 0. The molecule has 4 aromatic rings. The van der Waals surface area contributed by atoms with Gasteiger partial charge in [-0.3, -0.25) is 4.68 Å². The lowest BCUT2D eigenvalue weighted by atomic mass is 10.1. The molecule has 0 N–H and O–H groups in total. The first-order valence-electron chi connectivity index (χ1n) is 11.0. The fourth-order valence-electron chi connectivity index (χ4n) is 4.23. The molecule has 170 valence electrons. The molecule has 3 heterocycles. The van der Waals surface area contributed by atoms with Crippen LogP contribution in [0, 0.1) is 0 Å². The molecule has 5 rings (SSSR count). The number of fused-ring (bicyclic) bond motifs is 1. The molecule has 0 amide bonds. The zero-order valence-electron chi connectivity index (χ0n) is 18.6. The predicted molar refractivity (Wildman–Crippen MR) is 124 cm³/mol. The molecule has 0 unspecified atom stereocenters. The topological polar surface area (TPSA) is 94.1 Å². The second-order valence-corrected chi connectivity index (χ2v) is 10.1. The Morgan fingerprint density at radius 2 is 1.82 bits per heavy atom. The molecule has 0 saturated carbocycles. The highest BCUT2D eigenvalue weighted by atomic mass is 32.2. The Labute approximate surface area is 192 Å². The van der Waals surface area contributed by atoms with Crippen molar-refractivity contribution in [3.05, 3.63) is 71.4 Å². The van der Waals surface area contributed by atoms with Gasteiger partial charge in [0.05, 0.1) is 4.90 Å². The van der Waals surface area contributed by atoms with E-state index in [4.69, 9.17) is 4.52 Å². The van der Waals surface area contributed by atoms with E-state index >= 15 is 0 Å². The fraction of sp³-hybridized carbons (Fsp3) is 0.292. The Kier molecular flexibility index (Phi) is 5.59. The van der Waals surface area contributed by atoms with Gasteiger partial charge in [-0.2, -0.15) is 14.4 Å². The number of aromatic nitrogens is 4. The normalized spacial score (nSPS) is 14.4. The maximum atomic E-state index is 13.4. The zero-order chi connectivity index (χ0) is 23.0. The Hall–Kier alpha value is -3.30. The molecule has 9 heteroatoms. The highest BCUT2D eigenvalue weighted by molar-refractivity contribution is 7.89. The van der Waals surface area contributed by atoms with Crippen molar-refractivity contribution in [2.75, 3.05) is 6.54 Å². The Morgan fingerprint density at radius 3 is 2.55 bits per heavy atom. The Bertz CT molecular complexity index is 1380. The molecule has 0 spiro atoms. The smallest absolute Gasteiger partial charge is 0.279 e. The third kappa shape index (κ3) is 3.98. The summed E-state index contributed by atoms with van der Waals surface area (Å²) in [7, 11) is -1.78. The van der Waals surface area contributed by atoms with Gasteiger partial charge in [0.25, 0.3) is 5.89 Å². The first kappa shape index (κ1) is 21.5. The van der Waals surface area contributed by atoms with Crippen LogP contribution in [-0.4, -0.2) is 39.2 Å². The van der Waals surface area contributed by atoms with E-state index in [1.165, 1.54) is 4.31 Å². The number of aryl methyl sites for hydroxylation is 2. The molecule has 8 nitrogen and oxygen atoms in total. The number of benzene rings is 2. The molecular weight excluding hydrogens is 438 g/mol. The van der Waals surface area contributed by atoms with Crippen molar-refractivity contribution in [3.8, 4) is 23.0 Å². The Balaban J connectivity index is 1.45. The van der Waals surface area contributed by atoms with Gasteiger partial charge < -0.3 is 4.52 Å². The van der Waals surface area contributed by atoms with Gasteiger partial charge in [-0.1, -0.05) is 61.0 Å². The fourth-order valence-corrected chi connectivity index (χ4v) is 5.64. The van der Waals surface area contributed by atoms with Crippen molar-refractivity contribution < 1.29 is 12.9 Å². The van der Waals surface area contributed by atoms with Crippen molar-refractivity contribution in [1.82, 2.24) is 24.2 Å². The quantitative estimate of drug-likeness (QED) is 0.431. The first-order chi connectivity index (χ1) is 16.0. The van der Waals surface area contributed by atoms with Crippen LogP contribution < -0.4 is 0 Å². The average Bonchev–Trinajstić information content (AvgIpc) is 3.45. The van der Waals surface area contributed by atoms with E-state index in [1.54, 1.807) is 16.8 Å². The van der Waals surface area contributed by atoms with Crippen molar-refractivity contribution in [1.29, 1.82) is 0 Å². The van der Waals surface area contributed by atoms with Crippen LogP contribution in [0.15, 0.2) is 64.0 Å². The van der Waals surface area contributed by atoms with Gasteiger partial charge in [0.15, 0.2) is 5.69 Å². The third-order valence-corrected chi connectivity index (χ3v) is 7.83. The second kappa shape index (κ2) is 8.57. The number of rotatable bonds is 6. The van der Waals surface area contributed by atoms with E-state index in [1.807, 2.05) is 49.5 Å². The second-order valence-electron chi connectivity index (χ2n) is 8.17. The monoisotopic (exact) mass is 463 g/mol. The maximum Gasteiger partial charge on any atom is 0.279 e. The van der Waals surface area contributed by atoms with Crippen LogP contribution in [0.5, 0.6) is 0 Å². The highest BCUT2D eigenvalue weighted by Crippen LogP contribution is 2.32. The number of sulfonamides is 1. The highest BCUT2D eigenvalue weighted by Gasteiger charge is 2.33. The van der Waals surface area contributed by atoms with E-state index in [0.717, 1.165) is 35.2 Å². The number of hydrogen-bond acceptors (Lipinski definition) is 6. The summed E-state index contributed by atoms with van der Waals surface area (Å²) in [5.74, 6) is 0.756. The van der Waals surface area contributed by atoms with Gasteiger partial charge in [-0.25, -0.2) is 8.42 Å². The minimum absolute atomic E-state index is 0.209. The third-order valence-electron chi connectivity index (χ3n) is 5.97. The van der Waals surface area contributed by atoms with Crippen LogP contribution in [0.4, 0.5) is 0 Å². The molecule has 0 radical (unpaired) electrons. The number of nitrogens with zero attached hydrogens (tertiary/aromatic N) is 5. The SMILES string of the molecule is CCCc1ccc(S(=O)(=O)N2CCc3c(c(-c4nc(-c5ccccc5)no4)nn3C)C2)cc1. The van der Waals surface area contributed by atoms with Crippen LogP contribution in [-0.2, 0) is 36.5 Å². The summed E-state index contributed by atoms with van der Waals surface area (Å²) in [6, 6.07) is 16.7. The average molecular weight is 464 g/mol. The van der Waals surface area contributed by atoms with Crippen LogP contribution in [0.3, 0.4) is 0 Å². The van der Waals surface area contributed by atoms with Crippen molar-refractivity contribution >= 4 is 10.0 Å². The van der Waals surface area contributed by atoms with Crippen molar-refractivity contribution in [2.24, 2.45) is 7.05 Å². The van der Waals surface area contributed by atoms with E-state index in [2.05, 4.69) is 22.2 Å². The lowest BCUT2D eigenvalue weighted by molar-refractivity contribution is 0.385.